The number of amidine groups is 1. The quantitative estimate of drug-likeness (QED) is 0.132. The molecule has 5 rings (SSSR count). The van der Waals surface area contributed by atoms with E-state index < -0.39 is 12.6 Å². The first-order valence-corrected chi connectivity index (χ1v) is 18.7. The highest BCUT2D eigenvalue weighted by atomic mass is 32.2. The number of hydrogen-bond donors (Lipinski definition) is 2. The normalized spacial score (nSPS) is 13.8. The Kier molecular flexibility index (Phi) is 10.4. The van der Waals surface area contributed by atoms with Gasteiger partial charge in [0.1, 0.15) is 5.69 Å². The molecule has 1 aromatic heterocycles. The number of aryl methyl sites for hydroxylation is 1. The van der Waals surface area contributed by atoms with E-state index in [4.69, 9.17) is 5.10 Å². The van der Waals surface area contributed by atoms with E-state index in [1.54, 1.807) is 13.8 Å². The first kappa shape index (κ1) is 33.1. The van der Waals surface area contributed by atoms with Crippen LogP contribution in [0.1, 0.15) is 26.5 Å². The molecule has 14 heteroatoms. The Balaban J connectivity index is 2.03. The largest absolute Gasteiger partial charge is 0.856 e. The number of hydrazine groups is 1. The highest BCUT2D eigenvalue weighted by Crippen LogP contribution is 2.47. The molecule has 0 unspecified atom stereocenters. The lowest BCUT2D eigenvalue weighted by Crippen LogP contribution is -2.55. The highest BCUT2D eigenvalue weighted by molar-refractivity contribution is 8.13. The van der Waals surface area contributed by atoms with Gasteiger partial charge in [-0.3, -0.25) is 10.2 Å². The summed E-state index contributed by atoms with van der Waals surface area (Å²) in [6.45, 7) is 7.42. The van der Waals surface area contributed by atoms with Gasteiger partial charge in [0.2, 0.25) is 10.3 Å². The maximum Gasteiger partial charge on any atom is 0.434 e. The van der Waals surface area contributed by atoms with Crippen LogP contribution in [0.2, 0.25) is 0 Å². The van der Waals surface area contributed by atoms with Crippen molar-refractivity contribution in [1.29, 1.82) is 0 Å². The summed E-state index contributed by atoms with van der Waals surface area (Å²) in [6.07, 6.45) is 3.64. The van der Waals surface area contributed by atoms with Gasteiger partial charge in [0.15, 0.2) is 0 Å². The van der Waals surface area contributed by atoms with Crippen LogP contribution in [0.3, 0.4) is 0 Å². The van der Waals surface area contributed by atoms with Crippen molar-refractivity contribution in [2.75, 3.05) is 12.5 Å². The second kappa shape index (κ2) is 14.4. The van der Waals surface area contributed by atoms with Crippen molar-refractivity contribution in [1.82, 2.24) is 30.7 Å². The highest BCUT2D eigenvalue weighted by Gasteiger charge is 2.39. The number of nitrogens with one attached hydrogen (secondary N) is 2. The molecule has 1 aliphatic rings. The zero-order valence-electron chi connectivity index (χ0n) is 26.4. The monoisotopic (exact) mass is 673 g/mol. The van der Waals surface area contributed by atoms with Crippen LogP contribution in [0.5, 0.6) is 0 Å². The van der Waals surface area contributed by atoms with Crippen LogP contribution in [-0.2, 0) is 0 Å². The molecule has 11 nitrogen and oxygen atoms in total. The molecule has 0 atom stereocenters. The molecule has 238 valence electrons. The molecule has 0 amide bonds. The number of thioether (sulfide) groups is 2. The maximum absolute atomic E-state index is 13.7. The lowest BCUT2D eigenvalue weighted by atomic mass is 10.4. The van der Waals surface area contributed by atoms with Crippen LogP contribution < -0.4 is 37.4 Å². The molecule has 2 N–H and O–H groups in total. The van der Waals surface area contributed by atoms with Crippen LogP contribution in [0.15, 0.2) is 123 Å². The Labute approximate surface area is 277 Å². The van der Waals surface area contributed by atoms with E-state index in [0.29, 0.717) is 16.0 Å². The third kappa shape index (κ3) is 6.22. The summed E-state index contributed by atoms with van der Waals surface area (Å²) in [6, 6.07) is 30.7. The predicted molar refractivity (Wildman–Crippen MR) is 188 cm³/mol. The Bertz CT molecular complexity index is 1810. The van der Waals surface area contributed by atoms with Crippen LogP contribution in [0, 0.1) is 6.92 Å². The molecule has 0 aliphatic carbocycles. The fourth-order valence-corrected chi connectivity index (χ4v) is 10.6. The van der Waals surface area contributed by atoms with Crippen molar-refractivity contribution in [2.45, 2.75) is 38.9 Å². The summed E-state index contributed by atoms with van der Waals surface area (Å²) in [5, 5.41) is 36.7. The first-order chi connectivity index (χ1) is 22.2. The van der Waals surface area contributed by atoms with Crippen molar-refractivity contribution in [3.8, 4) is 0 Å². The number of hydrazone groups is 1. The van der Waals surface area contributed by atoms with Gasteiger partial charge in [-0.15, -0.1) is 20.0 Å². The first-order valence-electron chi connectivity index (χ1n) is 14.5. The van der Waals surface area contributed by atoms with Gasteiger partial charge in [-0.1, -0.05) is 115 Å². The molecule has 0 bridgehead atoms. The fourth-order valence-electron chi connectivity index (χ4n) is 5.18. The molecule has 46 heavy (non-hydrogen) atoms. The molecule has 3 aromatic carbocycles. The number of guanidine groups is 1. The molecule has 1 aliphatic heterocycles. The molecule has 0 saturated heterocycles. The lowest BCUT2D eigenvalue weighted by molar-refractivity contribution is -0.430. The van der Waals surface area contributed by atoms with Crippen molar-refractivity contribution in [3.05, 3.63) is 119 Å². The lowest BCUT2D eigenvalue weighted by Gasteiger charge is -2.36. The fraction of sp³-hybridized carbons (Fsp3) is 0.219. The second-order valence-corrected chi connectivity index (χ2v) is 15.3. The molecule has 2 heterocycles. The van der Waals surface area contributed by atoms with Crippen LogP contribution in [0.4, 0.5) is 0 Å². The van der Waals surface area contributed by atoms with E-state index in [1.807, 2.05) is 67.1 Å². The van der Waals surface area contributed by atoms with Gasteiger partial charge in [-0.2, -0.15) is 10.4 Å². The summed E-state index contributed by atoms with van der Waals surface area (Å²) in [5.41, 5.74) is 6.26. The van der Waals surface area contributed by atoms with Gasteiger partial charge in [-0.25, -0.2) is 4.33 Å². The van der Waals surface area contributed by atoms with Crippen LogP contribution >= 0.6 is 30.6 Å². The zero-order valence-corrected chi connectivity index (χ0v) is 29.0. The molecular formula is C32H36N9O2PS2. The molecule has 4 aromatic rings. The maximum atomic E-state index is 13.7. The van der Waals surface area contributed by atoms with Gasteiger partial charge >= 0.3 is 11.5 Å². The third-order valence-corrected chi connectivity index (χ3v) is 12.9. The third-order valence-electron chi connectivity index (χ3n) is 7.19. The number of aromatic nitrogens is 3. The minimum atomic E-state index is -2.82. The minimum absolute atomic E-state index is 0.195. The Hall–Kier alpha value is -4.32. The van der Waals surface area contributed by atoms with Gasteiger partial charge in [0, 0.05) is 32.6 Å². The smallest absolute Gasteiger partial charge is 0.434 e. The number of nitrogens with zero attached hydrogens (tertiary/aromatic N) is 7. The van der Waals surface area contributed by atoms with E-state index in [9.17, 15) is 9.90 Å². The van der Waals surface area contributed by atoms with E-state index >= 15 is 0 Å². The molecule has 0 saturated carbocycles. The van der Waals surface area contributed by atoms with Crippen LogP contribution in [0.25, 0.3) is 0 Å². The standard InChI is InChI=1S/C32H36N9O2PS2/c1-22(2)41(44(25-16-10-7-11-17-25,26-18-12-8-13-19-26)27-20-14-9-15-21-27)30(37-39-28(42)23(3)33-35-31(39)45-5)38-40-29(43)24(4)34-36-32(40)46-6/h7-22H,1-6H3,(H2-,33,34,37,38,42,43). The van der Waals surface area contributed by atoms with E-state index in [-0.39, 0.29) is 23.6 Å². The molecule has 0 radical (unpaired) electrons. The predicted octanol–water partition coefficient (Wildman–Crippen LogP) is 2.98. The zero-order chi connectivity index (χ0) is 32.8. The Morgan fingerprint density at radius 3 is 1.87 bits per heavy atom. The molecule has 0 spiro atoms. The summed E-state index contributed by atoms with van der Waals surface area (Å²) in [5.74, 6) is -0.0743. The van der Waals surface area contributed by atoms with E-state index in [1.165, 1.54) is 33.2 Å². The Morgan fingerprint density at radius 2 is 1.41 bits per heavy atom. The van der Waals surface area contributed by atoms with Crippen molar-refractivity contribution < 1.29 is 9.43 Å². The topological polar surface area (TPSA) is 126 Å². The molecular weight excluding hydrogens is 638 g/mol. The molecule has 0 fully saturated rings. The number of allylic oxidation sites excluding steroid dienone is 1. The van der Waals surface area contributed by atoms with Gasteiger partial charge < -0.3 is 5.11 Å². The average molecular weight is 674 g/mol. The minimum Gasteiger partial charge on any atom is -0.856 e. The van der Waals surface area contributed by atoms with Gasteiger partial charge in [0.05, 0.1) is 13.1 Å². The summed E-state index contributed by atoms with van der Waals surface area (Å²) in [4.78, 5) is 13.6. The number of rotatable bonds is 7. The SMILES string of the molecule is CSC1=NNC(C)=C([O-])N1N/C(=N/n1c(SC)nnc(C)c1=O)[N+](C(C)C)=P(c1ccccc1)(c1ccccc1)c1ccccc1. The van der Waals surface area contributed by atoms with Crippen molar-refractivity contribution >= 4 is 57.6 Å². The van der Waals surface area contributed by atoms with Gasteiger partial charge in [-0.05, 0) is 40.2 Å². The summed E-state index contributed by atoms with van der Waals surface area (Å²) in [7, 11) is -2.82. The number of benzene rings is 3. The number of hydrogen-bond acceptors (Lipinski definition) is 10. The van der Waals surface area contributed by atoms with Crippen molar-refractivity contribution in [2.24, 2.45) is 10.2 Å². The van der Waals surface area contributed by atoms with Crippen LogP contribution in [-0.4, -0.2) is 53.9 Å². The van der Waals surface area contributed by atoms with Gasteiger partial charge in [0.25, 0.3) is 0 Å². The van der Waals surface area contributed by atoms with Crippen molar-refractivity contribution in [3.63, 3.8) is 0 Å². The average Bonchev–Trinajstić information content (AvgIpc) is 3.08. The van der Waals surface area contributed by atoms with E-state index in [0.717, 1.165) is 15.9 Å². The second-order valence-electron chi connectivity index (χ2n) is 10.5. The summed E-state index contributed by atoms with van der Waals surface area (Å²) < 4.78 is 3.46. The Morgan fingerprint density at radius 1 is 0.891 bits per heavy atom. The van der Waals surface area contributed by atoms with E-state index in [2.05, 4.69) is 80.7 Å². The summed E-state index contributed by atoms with van der Waals surface area (Å²) >= 11 is 2.55.